The van der Waals surface area contributed by atoms with Crippen LogP contribution in [0.25, 0.3) is 11.3 Å². The second-order valence-corrected chi connectivity index (χ2v) is 5.21. The van der Waals surface area contributed by atoms with Gasteiger partial charge in [0.05, 0.1) is 5.56 Å². The van der Waals surface area contributed by atoms with Gasteiger partial charge in [0.15, 0.2) is 29.4 Å². The summed E-state index contributed by atoms with van der Waals surface area (Å²) in [5.74, 6) is -3.34. The molecule has 0 radical (unpaired) electrons. The zero-order chi connectivity index (χ0) is 18.9. The van der Waals surface area contributed by atoms with Crippen LogP contribution in [0.2, 0.25) is 0 Å². The minimum atomic E-state index is -4.87. The van der Waals surface area contributed by atoms with Crippen molar-refractivity contribution in [2.75, 3.05) is 0 Å². The average molecular weight is 368 g/mol. The lowest BCUT2D eigenvalue weighted by Gasteiger charge is -2.12. The number of halogens is 5. The van der Waals surface area contributed by atoms with Gasteiger partial charge in [-0.05, 0) is 48.5 Å². The van der Waals surface area contributed by atoms with Gasteiger partial charge in [-0.25, -0.2) is 8.78 Å². The number of carbonyl (C=O) groups is 1. The summed E-state index contributed by atoms with van der Waals surface area (Å²) in [6.45, 7) is 0. The summed E-state index contributed by atoms with van der Waals surface area (Å²) in [4.78, 5) is 10.6. The second kappa shape index (κ2) is 6.62. The molecule has 1 aromatic heterocycles. The van der Waals surface area contributed by atoms with Crippen LogP contribution in [0.4, 0.5) is 22.0 Å². The number of aldehydes is 1. The van der Waals surface area contributed by atoms with Crippen molar-refractivity contribution in [3.8, 4) is 22.8 Å². The number of ether oxygens (including phenoxy) is 1. The van der Waals surface area contributed by atoms with E-state index in [9.17, 15) is 26.7 Å². The first-order valence-corrected chi connectivity index (χ1v) is 7.17. The Morgan fingerprint density at radius 2 is 1.54 bits per heavy atom. The van der Waals surface area contributed by atoms with Gasteiger partial charge in [-0.1, -0.05) is 0 Å². The zero-order valence-corrected chi connectivity index (χ0v) is 12.8. The topological polar surface area (TPSA) is 39.4 Å². The minimum absolute atomic E-state index is 0.00785. The molecule has 0 unspecified atom stereocenters. The monoisotopic (exact) mass is 368 g/mol. The Balaban J connectivity index is 1.84. The van der Waals surface area contributed by atoms with Crippen LogP contribution >= 0.6 is 0 Å². The lowest BCUT2D eigenvalue weighted by molar-refractivity contribution is -0.138. The molecule has 0 atom stereocenters. The quantitative estimate of drug-likeness (QED) is 0.428. The predicted octanol–water partition coefficient (Wildman–Crippen LogP) is 5.85. The molecule has 8 heteroatoms. The number of hydrogen-bond acceptors (Lipinski definition) is 3. The number of alkyl halides is 3. The summed E-state index contributed by atoms with van der Waals surface area (Å²) < 4.78 is 75.4. The predicted molar refractivity (Wildman–Crippen MR) is 81.0 cm³/mol. The largest absolute Gasteiger partial charge is 0.453 e. The van der Waals surface area contributed by atoms with Gasteiger partial charge in [0.25, 0.3) is 0 Å². The molecule has 0 N–H and O–H groups in total. The van der Waals surface area contributed by atoms with E-state index >= 15 is 0 Å². The number of rotatable bonds is 4. The highest BCUT2D eigenvalue weighted by atomic mass is 19.4. The molecule has 3 rings (SSSR count). The molecule has 2 aromatic carbocycles. The first-order valence-electron chi connectivity index (χ1n) is 7.17. The molecule has 0 aliphatic heterocycles. The molecule has 0 saturated heterocycles. The average Bonchev–Trinajstić information content (AvgIpc) is 3.07. The Hall–Kier alpha value is -3.16. The summed E-state index contributed by atoms with van der Waals surface area (Å²) in [6.07, 6.45) is -4.33. The van der Waals surface area contributed by atoms with Crippen LogP contribution in [0.3, 0.4) is 0 Å². The van der Waals surface area contributed by atoms with E-state index in [0.29, 0.717) is 17.6 Å². The maximum absolute atomic E-state index is 13.8. The van der Waals surface area contributed by atoms with Gasteiger partial charge in [-0.2, -0.15) is 13.2 Å². The molecule has 134 valence electrons. The highest BCUT2D eigenvalue weighted by Gasteiger charge is 2.33. The van der Waals surface area contributed by atoms with Gasteiger partial charge in [0, 0.05) is 5.56 Å². The molecule has 0 spiro atoms. The first kappa shape index (κ1) is 17.7. The molecule has 3 aromatic rings. The number of hydrogen-bond donors (Lipinski definition) is 0. The molecule has 3 nitrogen and oxygen atoms in total. The normalized spacial score (nSPS) is 11.4. The SMILES string of the molecule is O=Cc1ccc(-c2ccc(Oc3c(F)cc(C(F)(F)F)cc3F)cc2)o1. The van der Waals surface area contributed by atoms with Crippen molar-refractivity contribution >= 4 is 6.29 Å². The molecule has 0 amide bonds. The highest BCUT2D eigenvalue weighted by molar-refractivity contribution is 5.72. The fourth-order valence-corrected chi connectivity index (χ4v) is 2.20. The summed E-state index contributed by atoms with van der Waals surface area (Å²) in [7, 11) is 0. The molecule has 26 heavy (non-hydrogen) atoms. The Bertz CT molecular complexity index is 919. The fraction of sp³-hybridized carbons (Fsp3) is 0.0556. The van der Waals surface area contributed by atoms with Crippen molar-refractivity contribution < 1.29 is 35.9 Å². The third-order valence-corrected chi connectivity index (χ3v) is 3.43. The second-order valence-electron chi connectivity index (χ2n) is 5.21. The summed E-state index contributed by atoms with van der Waals surface area (Å²) in [6, 6.07) is 9.08. The van der Waals surface area contributed by atoms with E-state index in [1.807, 2.05) is 0 Å². The van der Waals surface area contributed by atoms with Crippen molar-refractivity contribution in [2.45, 2.75) is 6.18 Å². The molecule has 0 saturated carbocycles. The smallest absolute Gasteiger partial charge is 0.416 e. The van der Waals surface area contributed by atoms with E-state index in [4.69, 9.17) is 9.15 Å². The summed E-state index contributed by atoms with van der Waals surface area (Å²) in [5.41, 5.74) is -0.877. The minimum Gasteiger partial charge on any atom is -0.453 e. The molecule has 0 aliphatic rings. The van der Waals surface area contributed by atoms with Crippen LogP contribution in [-0.2, 0) is 6.18 Å². The third kappa shape index (κ3) is 3.58. The lowest BCUT2D eigenvalue weighted by atomic mass is 10.1. The van der Waals surface area contributed by atoms with Crippen molar-refractivity contribution in [3.05, 3.63) is 71.5 Å². The molecular weight excluding hydrogens is 359 g/mol. The van der Waals surface area contributed by atoms with Gasteiger partial charge >= 0.3 is 6.18 Å². The van der Waals surface area contributed by atoms with Crippen molar-refractivity contribution in [1.29, 1.82) is 0 Å². The fourth-order valence-electron chi connectivity index (χ4n) is 2.20. The Morgan fingerprint density at radius 3 is 2.04 bits per heavy atom. The maximum atomic E-state index is 13.8. The van der Waals surface area contributed by atoms with Crippen LogP contribution in [-0.4, -0.2) is 6.29 Å². The summed E-state index contributed by atoms with van der Waals surface area (Å²) >= 11 is 0. The van der Waals surface area contributed by atoms with Crippen LogP contribution in [0, 0.1) is 11.6 Å². The Morgan fingerprint density at radius 1 is 0.923 bits per heavy atom. The number of benzene rings is 2. The van der Waals surface area contributed by atoms with Crippen molar-refractivity contribution in [1.82, 2.24) is 0 Å². The van der Waals surface area contributed by atoms with E-state index in [-0.39, 0.29) is 23.6 Å². The van der Waals surface area contributed by atoms with E-state index in [0.717, 1.165) is 0 Å². The van der Waals surface area contributed by atoms with Crippen LogP contribution in [0.1, 0.15) is 16.1 Å². The van der Waals surface area contributed by atoms with Crippen molar-refractivity contribution in [2.24, 2.45) is 0 Å². The standard InChI is InChI=1S/C18H9F5O3/c19-14-7-11(18(21,22)23)8-15(20)17(14)26-12-3-1-10(2-4-12)16-6-5-13(9-24)25-16/h1-9H. The van der Waals surface area contributed by atoms with Gasteiger partial charge < -0.3 is 9.15 Å². The Kier molecular flexibility index (Phi) is 4.50. The first-order chi connectivity index (χ1) is 12.3. The Labute approximate surface area is 143 Å². The number of carbonyl (C=O) groups excluding carboxylic acids is 1. The molecule has 1 heterocycles. The van der Waals surface area contributed by atoms with Gasteiger partial charge in [-0.15, -0.1) is 0 Å². The van der Waals surface area contributed by atoms with Crippen LogP contribution < -0.4 is 4.74 Å². The maximum Gasteiger partial charge on any atom is 0.416 e. The van der Waals surface area contributed by atoms with Gasteiger partial charge in [-0.3, -0.25) is 4.79 Å². The van der Waals surface area contributed by atoms with Gasteiger partial charge in [0.2, 0.25) is 0 Å². The molecule has 0 bridgehead atoms. The van der Waals surface area contributed by atoms with E-state index in [2.05, 4.69) is 0 Å². The van der Waals surface area contributed by atoms with E-state index in [1.54, 1.807) is 6.07 Å². The third-order valence-electron chi connectivity index (χ3n) is 3.43. The summed E-state index contributed by atoms with van der Waals surface area (Å²) in [5, 5.41) is 0. The molecular formula is C18H9F5O3. The molecule has 0 fully saturated rings. The lowest BCUT2D eigenvalue weighted by Crippen LogP contribution is -2.07. The van der Waals surface area contributed by atoms with Crippen LogP contribution in [0.15, 0.2) is 52.9 Å². The molecule has 0 aliphatic carbocycles. The number of furan rings is 1. The van der Waals surface area contributed by atoms with Crippen molar-refractivity contribution in [3.63, 3.8) is 0 Å². The van der Waals surface area contributed by atoms with E-state index < -0.39 is 29.1 Å². The van der Waals surface area contributed by atoms with E-state index in [1.165, 1.54) is 30.3 Å². The zero-order valence-electron chi connectivity index (χ0n) is 12.8. The van der Waals surface area contributed by atoms with Crippen LogP contribution in [0.5, 0.6) is 11.5 Å². The van der Waals surface area contributed by atoms with Gasteiger partial charge in [0.1, 0.15) is 11.5 Å². The highest BCUT2D eigenvalue weighted by Crippen LogP contribution is 2.36.